The largest absolute Gasteiger partial charge is 0.370 e. The minimum atomic E-state index is -0.456. The average molecular weight is 407 g/mol. The number of urea groups is 1. The monoisotopic (exact) mass is 407 g/mol. The number of carbonyl (C=O) groups excluding carboxylic acids is 1. The maximum atomic E-state index is 14.3. The number of aryl methyl sites for hydroxylation is 1. The SMILES string of the molecule is Cn1cc2cc(NC(=O)N3CCc4c(N5CC6(CNC6)C5)ccnc43)cc(F)c2n1. The Morgan fingerprint density at radius 3 is 2.90 bits per heavy atom. The number of carbonyl (C=O) groups is 1. The molecule has 2 aromatic heterocycles. The second-order valence-corrected chi connectivity index (χ2v) is 8.62. The van der Waals surface area contributed by atoms with Crippen molar-refractivity contribution in [3.8, 4) is 0 Å². The molecule has 0 radical (unpaired) electrons. The van der Waals surface area contributed by atoms with Gasteiger partial charge in [-0.3, -0.25) is 9.58 Å². The van der Waals surface area contributed by atoms with E-state index in [4.69, 9.17) is 0 Å². The molecule has 0 atom stereocenters. The van der Waals surface area contributed by atoms with Crippen LogP contribution < -0.4 is 20.4 Å². The van der Waals surface area contributed by atoms with Crippen LogP contribution in [0, 0.1) is 11.2 Å². The second-order valence-electron chi connectivity index (χ2n) is 8.62. The highest BCUT2D eigenvalue weighted by atomic mass is 19.1. The van der Waals surface area contributed by atoms with E-state index in [1.807, 2.05) is 6.07 Å². The first kappa shape index (κ1) is 17.6. The van der Waals surface area contributed by atoms with E-state index >= 15 is 0 Å². The van der Waals surface area contributed by atoms with E-state index in [-0.39, 0.29) is 6.03 Å². The van der Waals surface area contributed by atoms with Gasteiger partial charge in [0, 0.05) is 79.9 Å². The first-order valence-corrected chi connectivity index (χ1v) is 10.2. The van der Waals surface area contributed by atoms with Gasteiger partial charge in [0.05, 0.1) is 0 Å². The van der Waals surface area contributed by atoms with E-state index in [9.17, 15) is 9.18 Å². The Bertz CT molecular complexity index is 1180. The Kier molecular flexibility index (Phi) is 3.62. The van der Waals surface area contributed by atoms with Crippen molar-refractivity contribution in [2.24, 2.45) is 12.5 Å². The summed E-state index contributed by atoms with van der Waals surface area (Å²) in [6, 6.07) is 4.78. The molecule has 30 heavy (non-hydrogen) atoms. The summed E-state index contributed by atoms with van der Waals surface area (Å²) in [5.74, 6) is 0.239. The summed E-state index contributed by atoms with van der Waals surface area (Å²) in [6.07, 6.45) is 4.26. The molecule has 2 amide bonds. The van der Waals surface area contributed by atoms with Gasteiger partial charge in [-0.15, -0.1) is 0 Å². The summed E-state index contributed by atoms with van der Waals surface area (Å²) < 4.78 is 15.9. The fourth-order valence-electron chi connectivity index (χ4n) is 4.88. The molecule has 3 aliphatic rings. The number of hydrogen-bond acceptors (Lipinski definition) is 5. The fourth-order valence-corrected chi connectivity index (χ4v) is 4.88. The molecule has 154 valence electrons. The molecule has 3 aliphatic heterocycles. The zero-order chi connectivity index (χ0) is 20.5. The molecule has 0 saturated carbocycles. The predicted molar refractivity (Wildman–Crippen MR) is 112 cm³/mol. The van der Waals surface area contributed by atoms with Crippen LogP contribution in [-0.4, -0.2) is 53.5 Å². The molecule has 6 rings (SSSR count). The second kappa shape index (κ2) is 6.15. The van der Waals surface area contributed by atoms with Crippen molar-refractivity contribution in [3.63, 3.8) is 0 Å². The van der Waals surface area contributed by atoms with Crippen molar-refractivity contribution in [1.29, 1.82) is 0 Å². The lowest BCUT2D eigenvalue weighted by Gasteiger charge is -2.57. The Balaban J connectivity index is 1.24. The Morgan fingerprint density at radius 2 is 2.13 bits per heavy atom. The topological polar surface area (TPSA) is 78.3 Å². The van der Waals surface area contributed by atoms with E-state index < -0.39 is 5.82 Å². The maximum absolute atomic E-state index is 14.3. The summed E-state index contributed by atoms with van der Waals surface area (Å²) >= 11 is 0. The maximum Gasteiger partial charge on any atom is 0.327 e. The zero-order valence-corrected chi connectivity index (χ0v) is 16.7. The molecule has 0 aliphatic carbocycles. The first-order chi connectivity index (χ1) is 14.5. The summed E-state index contributed by atoms with van der Waals surface area (Å²) in [5.41, 5.74) is 3.42. The number of fused-ring (bicyclic) bond motifs is 2. The molecular weight excluding hydrogens is 385 g/mol. The molecule has 2 saturated heterocycles. The smallest absolute Gasteiger partial charge is 0.327 e. The Morgan fingerprint density at radius 1 is 1.30 bits per heavy atom. The van der Waals surface area contributed by atoms with Crippen molar-refractivity contribution in [2.75, 3.05) is 47.8 Å². The molecule has 5 heterocycles. The summed E-state index contributed by atoms with van der Waals surface area (Å²) in [5, 5.41) is 10.9. The van der Waals surface area contributed by atoms with Crippen LogP contribution in [0.15, 0.2) is 30.6 Å². The minimum Gasteiger partial charge on any atom is -0.370 e. The number of nitrogens with zero attached hydrogens (tertiary/aromatic N) is 5. The molecule has 0 unspecified atom stereocenters. The Labute approximate surface area is 172 Å². The van der Waals surface area contributed by atoms with Crippen LogP contribution in [0.1, 0.15) is 5.56 Å². The van der Waals surface area contributed by atoms with Crippen LogP contribution in [0.4, 0.5) is 26.4 Å². The third kappa shape index (κ3) is 2.58. The predicted octanol–water partition coefficient (Wildman–Crippen LogP) is 2.11. The van der Waals surface area contributed by atoms with Crippen LogP contribution in [-0.2, 0) is 13.5 Å². The van der Waals surface area contributed by atoms with Crippen LogP contribution >= 0.6 is 0 Å². The van der Waals surface area contributed by atoms with Gasteiger partial charge in [-0.05, 0) is 24.6 Å². The number of amides is 2. The van der Waals surface area contributed by atoms with Gasteiger partial charge in [-0.25, -0.2) is 14.2 Å². The number of hydrogen-bond donors (Lipinski definition) is 2. The number of anilines is 3. The average Bonchev–Trinajstić information content (AvgIpc) is 3.23. The van der Waals surface area contributed by atoms with Crippen molar-refractivity contribution in [1.82, 2.24) is 20.1 Å². The highest BCUT2D eigenvalue weighted by Crippen LogP contribution is 2.42. The van der Waals surface area contributed by atoms with Crippen molar-refractivity contribution in [3.05, 3.63) is 42.0 Å². The quantitative estimate of drug-likeness (QED) is 0.680. The van der Waals surface area contributed by atoms with Crippen molar-refractivity contribution in [2.45, 2.75) is 6.42 Å². The molecule has 9 heteroatoms. The normalized spacial score (nSPS) is 19.0. The highest BCUT2D eigenvalue weighted by molar-refractivity contribution is 6.04. The molecule has 3 aromatic rings. The van der Waals surface area contributed by atoms with E-state index in [0.29, 0.717) is 34.4 Å². The third-order valence-corrected chi connectivity index (χ3v) is 6.42. The van der Waals surface area contributed by atoms with Crippen LogP contribution in [0.3, 0.4) is 0 Å². The lowest BCUT2D eigenvalue weighted by Crippen LogP contribution is -2.71. The standard InChI is InChI=1S/C21H22FN7O/c1-27-8-13-6-14(7-16(22)18(13)26-27)25-20(30)29-5-3-15-17(2-4-24-19(15)29)28-11-21(12-28)9-23-10-21/h2,4,6-8,23H,3,5,9-12H2,1H3,(H,25,30). The first-order valence-electron chi connectivity index (χ1n) is 10.2. The van der Waals surface area contributed by atoms with E-state index in [0.717, 1.165) is 38.2 Å². The van der Waals surface area contributed by atoms with Gasteiger partial charge < -0.3 is 15.5 Å². The molecule has 2 N–H and O–H groups in total. The van der Waals surface area contributed by atoms with Crippen molar-refractivity contribution >= 4 is 34.1 Å². The van der Waals surface area contributed by atoms with Crippen molar-refractivity contribution < 1.29 is 9.18 Å². The number of nitrogens with one attached hydrogen (secondary N) is 2. The lowest BCUT2D eigenvalue weighted by molar-refractivity contribution is 0.121. The number of benzene rings is 1. The number of halogens is 1. The molecule has 2 fully saturated rings. The van der Waals surface area contributed by atoms with Crippen LogP contribution in [0.25, 0.3) is 10.9 Å². The van der Waals surface area contributed by atoms with Gasteiger partial charge in [0.1, 0.15) is 11.3 Å². The summed E-state index contributed by atoms with van der Waals surface area (Å²) in [6.45, 7) is 4.83. The molecule has 1 spiro atoms. The van der Waals surface area contributed by atoms with Gasteiger partial charge in [0.15, 0.2) is 5.82 Å². The summed E-state index contributed by atoms with van der Waals surface area (Å²) in [4.78, 5) is 21.5. The minimum absolute atomic E-state index is 0.294. The van der Waals surface area contributed by atoms with E-state index in [1.54, 1.807) is 35.1 Å². The molecule has 8 nitrogen and oxygen atoms in total. The van der Waals surface area contributed by atoms with Gasteiger partial charge in [0.25, 0.3) is 0 Å². The third-order valence-electron chi connectivity index (χ3n) is 6.42. The van der Waals surface area contributed by atoms with Gasteiger partial charge in [-0.1, -0.05) is 0 Å². The van der Waals surface area contributed by atoms with E-state index in [1.165, 1.54) is 11.8 Å². The highest BCUT2D eigenvalue weighted by Gasteiger charge is 2.48. The Hall–Kier alpha value is -3.20. The van der Waals surface area contributed by atoms with Crippen LogP contribution in [0.2, 0.25) is 0 Å². The van der Waals surface area contributed by atoms with Gasteiger partial charge in [0.2, 0.25) is 0 Å². The fraction of sp³-hybridized carbons (Fsp3) is 0.381. The van der Waals surface area contributed by atoms with Gasteiger partial charge in [-0.2, -0.15) is 5.10 Å². The molecule has 1 aromatic carbocycles. The van der Waals surface area contributed by atoms with E-state index in [2.05, 4.69) is 25.6 Å². The van der Waals surface area contributed by atoms with Gasteiger partial charge >= 0.3 is 6.03 Å². The summed E-state index contributed by atoms with van der Waals surface area (Å²) in [7, 11) is 1.74. The number of rotatable bonds is 2. The molecular formula is C21H22FN7O. The zero-order valence-electron chi connectivity index (χ0n) is 16.7. The number of pyridine rings is 1. The number of aromatic nitrogens is 3. The molecule has 0 bridgehead atoms. The van der Waals surface area contributed by atoms with Crippen LogP contribution in [0.5, 0.6) is 0 Å². The lowest BCUT2D eigenvalue weighted by atomic mass is 9.74.